The van der Waals surface area contributed by atoms with Gasteiger partial charge in [-0.1, -0.05) is 6.92 Å². The lowest BCUT2D eigenvalue weighted by Gasteiger charge is -2.18. The minimum atomic E-state index is 0.593. The Labute approximate surface area is 90.5 Å². The van der Waals surface area contributed by atoms with Gasteiger partial charge in [0, 0.05) is 26.2 Å². The number of aromatic nitrogens is 2. The van der Waals surface area contributed by atoms with Crippen molar-refractivity contribution < 1.29 is 4.74 Å². The van der Waals surface area contributed by atoms with Gasteiger partial charge in [-0.25, -0.2) is 9.97 Å². The predicted octanol–water partition coefficient (Wildman–Crippen LogP) is 0.531. The average Bonchev–Trinajstić information content (AvgIpc) is 2.29. The van der Waals surface area contributed by atoms with Gasteiger partial charge in [-0.05, 0) is 6.54 Å². The van der Waals surface area contributed by atoms with Crippen molar-refractivity contribution in [3.05, 3.63) is 12.4 Å². The maximum absolute atomic E-state index is 5.04. The van der Waals surface area contributed by atoms with Gasteiger partial charge < -0.3 is 15.0 Å². The maximum Gasteiger partial charge on any atom is 0.218 e. The van der Waals surface area contributed by atoms with Gasteiger partial charge in [0.1, 0.15) is 12.1 Å². The van der Waals surface area contributed by atoms with Crippen LogP contribution in [0.3, 0.4) is 0 Å². The topological polar surface area (TPSA) is 50.3 Å². The van der Waals surface area contributed by atoms with Gasteiger partial charge in [0.15, 0.2) is 0 Å². The molecule has 5 heteroatoms. The van der Waals surface area contributed by atoms with E-state index in [4.69, 9.17) is 4.74 Å². The number of hydrogen-bond donors (Lipinski definition) is 1. The summed E-state index contributed by atoms with van der Waals surface area (Å²) in [6, 6.07) is 1.83. The van der Waals surface area contributed by atoms with Crippen molar-refractivity contribution in [1.29, 1.82) is 0 Å². The van der Waals surface area contributed by atoms with E-state index in [1.807, 2.05) is 13.1 Å². The molecular weight excluding hydrogens is 192 g/mol. The number of ether oxygens (including phenoxy) is 1. The molecule has 0 unspecified atom stereocenters. The molecule has 1 aromatic rings. The molecule has 5 nitrogen and oxygen atoms in total. The van der Waals surface area contributed by atoms with E-state index >= 15 is 0 Å². The Balaban J connectivity index is 2.52. The third-order valence-corrected chi connectivity index (χ3v) is 2.10. The minimum Gasteiger partial charge on any atom is -0.481 e. The second-order valence-electron chi connectivity index (χ2n) is 3.19. The number of methoxy groups -OCH3 is 1. The lowest BCUT2D eigenvalue weighted by atomic mass is 10.4. The van der Waals surface area contributed by atoms with Crippen LogP contribution >= 0.6 is 0 Å². The fourth-order valence-electron chi connectivity index (χ4n) is 1.19. The lowest BCUT2D eigenvalue weighted by Crippen LogP contribution is -2.29. The highest BCUT2D eigenvalue weighted by atomic mass is 16.5. The zero-order valence-electron chi connectivity index (χ0n) is 9.53. The van der Waals surface area contributed by atoms with E-state index in [9.17, 15) is 0 Å². The average molecular weight is 210 g/mol. The van der Waals surface area contributed by atoms with Crippen LogP contribution in [0.4, 0.5) is 5.82 Å². The summed E-state index contributed by atoms with van der Waals surface area (Å²) in [5, 5.41) is 3.26. The van der Waals surface area contributed by atoms with Gasteiger partial charge in [-0.3, -0.25) is 0 Å². The van der Waals surface area contributed by atoms with E-state index in [-0.39, 0.29) is 0 Å². The summed E-state index contributed by atoms with van der Waals surface area (Å²) in [6.45, 7) is 4.93. The van der Waals surface area contributed by atoms with E-state index in [2.05, 4.69) is 27.1 Å². The van der Waals surface area contributed by atoms with Gasteiger partial charge >= 0.3 is 0 Å². The molecule has 1 N–H and O–H groups in total. The van der Waals surface area contributed by atoms with E-state index in [1.54, 1.807) is 7.11 Å². The standard InChI is InChI=1S/C10H18N4O/c1-4-11-5-6-14(2)9-7-10(15-3)13-8-12-9/h7-8,11H,4-6H2,1-3H3. The monoisotopic (exact) mass is 210 g/mol. The van der Waals surface area contributed by atoms with Crippen molar-refractivity contribution in [1.82, 2.24) is 15.3 Å². The molecule has 0 radical (unpaired) electrons. The van der Waals surface area contributed by atoms with E-state index in [1.165, 1.54) is 6.33 Å². The third-order valence-electron chi connectivity index (χ3n) is 2.10. The Morgan fingerprint density at radius 2 is 2.27 bits per heavy atom. The molecule has 0 amide bonds. The largest absolute Gasteiger partial charge is 0.481 e. The van der Waals surface area contributed by atoms with Crippen LogP contribution in [0.15, 0.2) is 12.4 Å². The first-order chi connectivity index (χ1) is 7.27. The van der Waals surface area contributed by atoms with Crippen molar-refractivity contribution in [2.45, 2.75) is 6.92 Å². The van der Waals surface area contributed by atoms with Gasteiger partial charge in [0.25, 0.3) is 0 Å². The molecule has 0 aliphatic rings. The highest BCUT2D eigenvalue weighted by Gasteiger charge is 2.03. The number of anilines is 1. The van der Waals surface area contributed by atoms with Crippen LogP contribution in [0, 0.1) is 0 Å². The molecule has 1 rings (SSSR count). The van der Waals surface area contributed by atoms with Crippen LogP contribution in [0.2, 0.25) is 0 Å². The van der Waals surface area contributed by atoms with Crippen molar-refractivity contribution >= 4 is 5.82 Å². The van der Waals surface area contributed by atoms with Crippen LogP contribution < -0.4 is 15.0 Å². The molecule has 0 aliphatic heterocycles. The summed E-state index contributed by atoms with van der Waals surface area (Å²) in [4.78, 5) is 10.2. The van der Waals surface area contributed by atoms with Crippen LogP contribution in [0.25, 0.3) is 0 Å². The van der Waals surface area contributed by atoms with Gasteiger partial charge in [-0.2, -0.15) is 0 Å². The molecule has 0 bridgehead atoms. The summed E-state index contributed by atoms with van der Waals surface area (Å²) in [6.07, 6.45) is 1.51. The molecule has 0 atom stereocenters. The minimum absolute atomic E-state index is 0.593. The Morgan fingerprint density at radius 1 is 1.47 bits per heavy atom. The first-order valence-corrected chi connectivity index (χ1v) is 5.05. The molecule has 1 aromatic heterocycles. The molecule has 15 heavy (non-hydrogen) atoms. The molecule has 0 saturated carbocycles. The number of hydrogen-bond acceptors (Lipinski definition) is 5. The summed E-state index contributed by atoms with van der Waals surface area (Å²) in [5.74, 6) is 1.47. The van der Waals surface area contributed by atoms with Crippen LogP contribution in [-0.2, 0) is 0 Å². The van der Waals surface area contributed by atoms with Crippen LogP contribution in [-0.4, -0.2) is 43.8 Å². The Hall–Kier alpha value is -1.36. The zero-order valence-corrected chi connectivity index (χ0v) is 9.53. The Kier molecular flexibility index (Phi) is 4.83. The van der Waals surface area contributed by atoms with E-state index in [0.717, 1.165) is 25.5 Å². The second kappa shape index (κ2) is 6.19. The van der Waals surface area contributed by atoms with Crippen molar-refractivity contribution in [2.75, 3.05) is 38.7 Å². The number of likely N-dealkylation sites (N-methyl/N-ethyl adjacent to an activating group) is 2. The van der Waals surface area contributed by atoms with Gasteiger partial charge in [-0.15, -0.1) is 0 Å². The summed E-state index contributed by atoms with van der Waals surface area (Å²) in [7, 11) is 3.60. The molecule has 0 spiro atoms. The maximum atomic E-state index is 5.04. The number of nitrogens with zero attached hydrogens (tertiary/aromatic N) is 3. The van der Waals surface area contributed by atoms with Gasteiger partial charge in [0.05, 0.1) is 7.11 Å². The smallest absolute Gasteiger partial charge is 0.218 e. The highest BCUT2D eigenvalue weighted by molar-refractivity contribution is 5.39. The summed E-state index contributed by atoms with van der Waals surface area (Å²) in [5.41, 5.74) is 0. The fourth-order valence-corrected chi connectivity index (χ4v) is 1.19. The quantitative estimate of drug-likeness (QED) is 0.694. The molecule has 0 aliphatic carbocycles. The van der Waals surface area contributed by atoms with Crippen molar-refractivity contribution in [3.8, 4) is 5.88 Å². The fraction of sp³-hybridized carbons (Fsp3) is 0.600. The van der Waals surface area contributed by atoms with E-state index < -0.39 is 0 Å². The Morgan fingerprint density at radius 3 is 2.93 bits per heavy atom. The lowest BCUT2D eigenvalue weighted by molar-refractivity contribution is 0.397. The zero-order chi connectivity index (χ0) is 11.1. The molecular formula is C10H18N4O. The van der Waals surface area contributed by atoms with Crippen LogP contribution in [0.5, 0.6) is 5.88 Å². The first kappa shape index (κ1) is 11.7. The van der Waals surface area contributed by atoms with Crippen molar-refractivity contribution in [2.24, 2.45) is 0 Å². The molecule has 1 heterocycles. The molecule has 0 saturated heterocycles. The Bertz CT molecular complexity index is 293. The number of rotatable bonds is 6. The van der Waals surface area contributed by atoms with Crippen LogP contribution in [0.1, 0.15) is 6.92 Å². The molecule has 84 valence electrons. The SMILES string of the molecule is CCNCCN(C)c1cc(OC)ncn1. The van der Waals surface area contributed by atoms with Gasteiger partial charge in [0.2, 0.25) is 5.88 Å². The van der Waals surface area contributed by atoms with E-state index in [0.29, 0.717) is 5.88 Å². The normalized spacial score (nSPS) is 10.1. The highest BCUT2D eigenvalue weighted by Crippen LogP contribution is 2.12. The molecule has 0 aromatic carbocycles. The summed E-state index contributed by atoms with van der Waals surface area (Å²) >= 11 is 0. The van der Waals surface area contributed by atoms with Crippen molar-refractivity contribution in [3.63, 3.8) is 0 Å². The number of nitrogens with one attached hydrogen (secondary N) is 1. The predicted molar refractivity (Wildman–Crippen MR) is 60.4 cm³/mol. The third kappa shape index (κ3) is 3.71. The first-order valence-electron chi connectivity index (χ1n) is 5.05. The summed E-state index contributed by atoms with van der Waals surface area (Å²) < 4.78 is 5.04. The second-order valence-corrected chi connectivity index (χ2v) is 3.19. The molecule has 0 fully saturated rings.